The number of nitrogens with zero attached hydrogens (tertiary/aromatic N) is 2. The monoisotopic (exact) mass is 308 g/mol. The van der Waals surface area contributed by atoms with Crippen molar-refractivity contribution < 1.29 is 18.3 Å². The van der Waals surface area contributed by atoms with Crippen LogP contribution in [0.3, 0.4) is 0 Å². The highest BCUT2D eigenvalue weighted by atomic mass is 32.2. The van der Waals surface area contributed by atoms with Crippen LogP contribution in [0.15, 0.2) is 0 Å². The van der Waals surface area contributed by atoms with Gasteiger partial charge in [0.1, 0.15) is 6.04 Å². The van der Waals surface area contributed by atoms with Gasteiger partial charge in [-0.2, -0.15) is 17.0 Å². The SMILES string of the molecule is CCC1SCC(C(=O)O)N1S(=O)(=O)N1CCCCC1. The molecule has 2 saturated heterocycles. The smallest absolute Gasteiger partial charge is 0.322 e. The summed E-state index contributed by atoms with van der Waals surface area (Å²) in [4.78, 5) is 11.3. The number of rotatable bonds is 4. The van der Waals surface area contributed by atoms with Crippen LogP contribution < -0.4 is 0 Å². The maximum absolute atomic E-state index is 12.6. The van der Waals surface area contributed by atoms with Gasteiger partial charge in [0.05, 0.1) is 5.37 Å². The largest absolute Gasteiger partial charge is 0.480 e. The van der Waals surface area contributed by atoms with Gasteiger partial charge in [-0.15, -0.1) is 11.8 Å². The third-order valence-corrected chi connectivity index (χ3v) is 7.23. The summed E-state index contributed by atoms with van der Waals surface area (Å²) >= 11 is 1.42. The minimum absolute atomic E-state index is 0.256. The molecule has 6 nitrogen and oxygen atoms in total. The van der Waals surface area contributed by atoms with E-state index in [0.717, 1.165) is 19.3 Å². The minimum atomic E-state index is -3.65. The van der Waals surface area contributed by atoms with Gasteiger partial charge in [-0.1, -0.05) is 13.3 Å². The number of piperidine rings is 1. The highest BCUT2D eigenvalue weighted by molar-refractivity contribution is 8.01. The van der Waals surface area contributed by atoms with E-state index in [1.54, 1.807) is 0 Å². The van der Waals surface area contributed by atoms with Crippen LogP contribution >= 0.6 is 11.8 Å². The predicted molar refractivity (Wildman–Crippen MR) is 74.1 cm³/mol. The second-order valence-corrected chi connectivity index (χ2v) is 7.89. The summed E-state index contributed by atoms with van der Waals surface area (Å²) in [6, 6.07) is -0.929. The molecule has 0 amide bonds. The summed E-state index contributed by atoms with van der Waals surface area (Å²) in [6.07, 6.45) is 3.38. The maximum atomic E-state index is 12.6. The molecule has 110 valence electrons. The van der Waals surface area contributed by atoms with Crippen LogP contribution in [0.25, 0.3) is 0 Å². The van der Waals surface area contributed by atoms with Gasteiger partial charge >= 0.3 is 5.97 Å². The summed E-state index contributed by atoms with van der Waals surface area (Å²) in [5, 5.41) is 8.96. The number of aliphatic carboxylic acids is 1. The molecule has 0 aromatic carbocycles. The van der Waals surface area contributed by atoms with Crippen LogP contribution in [0.2, 0.25) is 0 Å². The highest BCUT2D eigenvalue weighted by Crippen LogP contribution is 2.35. The molecule has 0 spiro atoms. The second-order valence-electron chi connectivity index (χ2n) is 4.85. The van der Waals surface area contributed by atoms with Gasteiger partial charge in [0.15, 0.2) is 0 Å². The Morgan fingerprint density at radius 3 is 2.47 bits per heavy atom. The topological polar surface area (TPSA) is 77.9 Å². The average Bonchev–Trinajstić information content (AvgIpc) is 2.84. The minimum Gasteiger partial charge on any atom is -0.480 e. The zero-order valence-corrected chi connectivity index (χ0v) is 12.6. The molecule has 0 aromatic heterocycles. The highest BCUT2D eigenvalue weighted by Gasteiger charge is 2.47. The van der Waals surface area contributed by atoms with Crippen molar-refractivity contribution in [1.29, 1.82) is 0 Å². The number of hydrogen-bond donors (Lipinski definition) is 1. The second kappa shape index (κ2) is 5.99. The molecule has 2 unspecified atom stereocenters. The van der Waals surface area contributed by atoms with Crippen molar-refractivity contribution in [3.8, 4) is 0 Å². The van der Waals surface area contributed by atoms with E-state index in [9.17, 15) is 18.3 Å². The van der Waals surface area contributed by atoms with Crippen LogP contribution in [0.5, 0.6) is 0 Å². The van der Waals surface area contributed by atoms with Gasteiger partial charge in [-0.05, 0) is 19.3 Å². The normalized spacial score (nSPS) is 30.6. The fraction of sp³-hybridized carbons (Fsp3) is 0.909. The zero-order valence-electron chi connectivity index (χ0n) is 11.0. The fourth-order valence-electron chi connectivity index (χ4n) is 2.57. The number of carbonyl (C=O) groups is 1. The molecule has 0 aromatic rings. The Morgan fingerprint density at radius 1 is 1.32 bits per heavy atom. The van der Waals surface area contributed by atoms with Crippen molar-refractivity contribution in [3.05, 3.63) is 0 Å². The number of thioether (sulfide) groups is 1. The van der Waals surface area contributed by atoms with Crippen LogP contribution in [-0.4, -0.2) is 58.4 Å². The van der Waals surface area contributed by atoms with Gasteiger partial charge in [0.25, 0.3) is 10.2 Å². The quantitative estimate of drug-likeness (QED) is 0.837. The Balaban J connectivity index is 2.26. The Morgan fingerprint density at radius 2 is 1.95 bits per heavy atom. The standard InChI is InChI=1S/C11H20N2O4S2/c1-2-10-13(9(8-18-10)11(14)15)19(16,17)12-6-4-3-5-7-12/h9-10H,2-8H2,1H3,(H,14,15). The van der Waals surface area contributed by atoms with Crippen molar-refractivity contribution >= 4 is 27.9 Å². The molecular formula is C11H20N2O4S2. The number of hydrogen-bond acceptors (Lipinski definition) is 4. The first-order chi connectivity index (χ1) is 8.98. The number of carboxylic acid groups (broad SMARTS) is 1. The summed E-state index contributed by atoms with van der Waals surface area (Å²) in [6.45, 7) is 2.90. The van der Waals surface area contributed by atoms with Crippen molar-refractivity contribution in [2.75, 3.05) is 18.8 Å². The van der Waals surface area contributed by atoms with E-state index in [-0.39, 0.29) is 5.37 Å². The third-order valence-electron chi connectivity index (χ3n) is 3.58. The molecule has 2 aliphatic rings. The first-order valence-electron chi connectivity index (χ1n) is 6.61. The summed E-state index contributed by atoms with van der Waals surface area (Å²) in [5.74, 6) is -0.718. The molecule has 0 aliphatic carbocycles. The van der Waals surface area contributed by atoms with Crippen LogP contribution in [-0.2, 0) is 15.0 Å². The van der Waals surface area contributed by atoms with E-state index in [4.69, 9.17) is 0 Å². The zero-order chi connectivity index (χ0) is 14.0. The molecule has 0 radical (unpaired) electrons. The fourth-order valence-corrected chi connectivity index (χ4v) is 6.33. The molecule has 8 heteroatoms. The molecule has 1 N–H and O–H groups in total. The number of carboxylic acids is 1. The maximum Gasteiger partial charge on any atom is 0.322 e. The molecular weight excluding hydrogens is 288 g/mol. The molecule has 0 bridgehead atoms. The van der Waals surface area contributed by atoms with E-state index in [1.807, 2.05) is 6.92 Å². The lowest BCUT2D eigenvalue weighted by molar-refractivity contribution is -0.140. The Bertz CT molecular complexity index is 434. The van der Waals surface area contributed by atoms with Gasteiger partial charge in [-0.25, -0.2) is 0 Å². The Hall–Kier alpha value is -0.310. The average molecular weight is 308 g/mol. The summed E-state index contributed by atoms with van der Waals surface area (Å²) < 4.78 is 28.0. The van der Waals surface area contributed by atoms with E-state index >= 15 is 0 Å². The molecule has 19 heavy (non-hydrogen) atoms. The van der Waals surface area contributed by atoms with Crippen LogP contribution in [0.1, 0.15) is 32.6 Å². The van der Waals surface area contributed by atoms with Crippen molar-refractivity contribution in [2.45, 2.75) is 44.0 Å². The molecule has 2 fully saturated rings. The van der Waals surface area contributed by atoms with Gasteiger partial charge in [-0.3, -0.25) is 4.79 Å². The van der Waals surface area contributed by atoms with E-state index in [1.165, 1.54) is 20.4 Å². The van der Waals surface area contributed by atoms with E-state index < -0.39 is 22.2 Å². The molecule has 2 rings (SSSR count). The Kier molecular flexibility index (Phi) is 4.75. The molecule has 0 saturated carbocycles. The Labute approximate surface area is 118 Å². The predicted octanol–water partition coefficient (Wildman–Crippen LogP) is 0.955. The van der Waals surface area contributed by atoms with Crippen molar-refractivity contribution in [1.82, 2.24) is 8.61 Å². The summed E-state index contributed by atoms with van der Waals surface area (Å²) in [7, 11) is -3.65. The third kappa shape index (κ3) is 2.91. The summed E-state index contributed by atoms with van der Waals surface area (Å²) in [5.41, 5.74) is 0. The van der Waals surface area contributed by atoms with Gasteiger partial charge in [0.2, 0.25) is 0 Å². The van der Waals surface area contributed by atoms with Gasteiger partial charge < -0.3 is 5.11 Å². The lowest BCUT2D eigenvalue weighted by Gasteiger charge is -2.34. The van der Waals surface area contributed by atoms with Gasteiger partial charge in [0, 0.05) is 18.8 Å². The van der Waals surface area contributed by atoms with E-state index in [2.05, 4.69) is 0 Å². The molecule has 2 heterocycles. The first-order valence-corrected chi connectivity index (χ1v) is 9.06. The molecule has 2 aliphatic heterocycles. The van der Waals surface area contributed by atoms with Crippen LogP contribution in [0, 0.1) is 0 Å². The lowest BCUT2D eigenvalue weighted by atomic mass is 10.2. The van der Waals surface area contributed by atoms with Crippen LogP contribution in [0.4, 0.5) is 0 Å². The van der Waals surface area contributed by atoms with Crippen molar-refractivity contribution in [3.63, 3.8) is 0 Å². The first kappa shape index (κ1) is 15.1. The molecule has 2 atom stereocenters. The van der Waals surface area contributed by atoms with E-state index in [0.29, 0.717) is 25.3 Å². The lowest BCUT2D eigenvalue weighted by Crippen LogP contribution is -2.52. The van der Waals surface area contributed by atoms with Crippen molar-refractivity contribution in [2.24, 2.45) is 0 Å².